The molecular weight excluding hydrogens is 292 g/mol. The monoisotopic (exact) mass is 310 g/mol. The summed E-state index contributed by atoms with van der Waals surface area (Å²) in [7, 11) is 0. The molecule has 0 bridgehead atoms. The highest BCUT2D eigenvalue weighted by Crippen LogP contribution is 2.44. The highest BCUT2D eigenvalue weighted by Gasteiger charge is 2.39. The Hall–Kier alpha value is -1.55. The molecule has 0 fully saturated rings. The summed E-state index contributed by atoms with van der Waals surface area (Å²) in [6, 6.07) is 0. The van der Waals surface area contributed by atoms with E-state index in [-0.39, 0.29) is 5.97 Å². The van der Waals surface area contributed by atoms with Crippen LogP contribution in [0.4, 0.5) is 0 Å². The Labute approximate surface area is 129 Å². The molecule has 1 aromatic rings. The lowest BCUT2D eigenvalue weighted by atomic mass is 9.87. The first-order valence-electron chi connectivity index (χ1n) is 6.87. The molecule has 0 unspecified atom stereocenters. The average molecular weight is 311 g/mol. The van der Waals surface area contributed by atoms with Gasteiger partial charge >= 0.3 is 5.97 Å². The van der Waals surface area contributed by atoms with Crippen molar-refractivity contribution in [1.29, 1.82) is 0 Å². The van der Waals surface area contributed by atoms with Gasteiger partial charge in [0.2, 0.25) is 0 Å². The summed E-state index contributed by atoms with van der Waals surface area (Å²) in [5.74, 6) is 0.921. The molecule has 2 rings (SSSR count). The summed E-state index contributed by atoms with van der Waals surface area (Å²) < 4.78 is 11.2. The van der Waals surface area contributed by atoms with Crippen LogP contribution in [0.2, 0.25) is 0 Å². The van der Waals surface area contributed by atoms with Gasteiger partial charge in [0.1, 0.15) is 11.5 Å². The van der Waals surface area contributed by atoms with Crippen LogP contribution in [0.1, 0.15) is 42.5 Å². The van der Waals surface area contributed by atoms with Crippen molar-refractivity contribution in [3.05, 3.63) is 22.3 Å². The van der Waals surface area contributed by atoms with E-state index in [1.54, 1.807) is 6.92 Å². The second kappa shape index (κ2) is 5.34. The summed E-state index contributed by atoms with van der Waals surface area (Å²) in [5.41, 5.74) is 2.57. The summed E-state index contributed by atoms with van der Waals surface area (Å²) in [6.07, 6.45) is 1.16. The van der Waals surface area contributed by atoms with Gasteiger partial charge in [0.15, 0.2) is 5.60 Å². The van der Waals surface area contributed by atoms with E-state index in [1.807, 2.05) is 20.8 Å². The van der Waals surface area contributed by atoms with E-state index in [2.05, 4.69) is 0 Å². The van der Waals surface area contributed by atoms with Crippen LogP contribution in [0.3, 0.4) is 0 Å². The molecule has 1 aliphatic heterocycles. The molecule has 0 amide bonds. The van der Waals surface area contributed by atoms with E-state index in [0.717, 1.165) is 22.3 Å². The fraction of sp³-hybridized carbons (Fsp3) is 0.500. The molecule has 0 radical (unpaired) electrons. The maximum Gasteiger partial charge on any atom is 0.308 e. The molecule has 1 aromatic carbocycles. The lowest BCUT2D eigenvalue weighted by Crippen LogP contribution is -2.42. The summed E-state index contributed by atoms with van der Waals surface area (Å²) in [5, 5.41) is -0.494. The average Bonchev–Trinajstić information content (AvgIpc) is 2.40. The Morgan fingerprint density at radius 1 is 1.19 bits per heavy atom. The van der Waals surface area contributed by atoms with Crippen LogP contribution in [0.15, 0.2) is 0 Å². The Balaban J connectivity index is 2.59. The topological polar surface area (TPSA) is 52.6 Å². The van der Waals surface area contributed by atoms with Crippen LogP contribution in [-0.4, -0.2) is 16.8 Å². The van der Waals surface area contributed by atoms with Crippen molar-refractivity contribution in [3.63, 3.8) is 0 Å². The number of carbonyl (C=O) groups is 2. The standard InChI is InChI=1S/C16H19ClO4/c1-8-9(2)14-12(10(3)13(8)20-11(4)18)6-7-16(5,21-14)15(17)19/h6-7H2,1-5H3/t16-/m1/s1. The van der Waals surface area contributed by atoms with Crippen molar-refractivity contribution >= 4 is 22.8 Å². The first-order valence-corrected chi connectivity index (χ1v) is 7.25. The Morgan fingerprint density at radius 3 is 2.33 bits per heavy atom. The quantitative estimate of drug-likeness (QED) is 0.477. The lowest BCUT2D eigenvalue weighted by molar-refractivity contribution is -0.132. The number of hydrogen-bond acceptors (Lipinski definition) is 4. The van der Waals surface area contributed by atoms with E-state index in [4.69, 9.17) is 21.1 Å². The van der Waals surface area contributed by atoms with Crippen molar-refractivity contribution in [3.8, 4) is 11.5 Å². The van der Waals surface area contributed by atoms with Crippen molar-refractivity contribution in [2.75, 3.05) is 0 Å². The largest absolute Gasteiger partial charge is 0.478 e. The molecule has 0 saturated heterocycles. The van der Waals surface area contributed by atoms with Gasteiger partial charge in [-0.25, -0.2) is 0 Å². The van der Waals surface area contributed by atoms with E-state index < -0.39 is 10.8 Å². The molecule has 1 atom stereocenters. The zero-order chi connectivity index (χ0) is 15.9. The molecule has 1 aliphatic rings. The fourth-order valence-electron chi connectivity index (χ4n) is 2.67. The van der Waals surface area contributed by atoms with Gasteiger partial charge < -0.3 is 9.47 Å². The molecule has 1 heterocycles. The second-order valence-electron chi connectivity index (χ2n) is 5.71. The van der Waals surface area contributed by atoms with Gasteiger partial charge in [-0.05, 0) is 68.8 Å². The van der Waals surface area contributed by atoms with E-state index in [0.29, 0.717) is 24.3 Å². The third-order valence-corrected chi connectivity index (χ3v) is 4.55. The number of halogens is 1. The zero-order valence-electron chi connectivity index (χ0n) is 12.9. The number of ether oxygens (including phenoxy) is 2. The molecule has 114 valence electrons. The van der Waals surface area contributed by atoms with Crippen molar-refractivity contribution in [2.45, 2.75) is 53.1 Å². The highest BCUT2D eigenvalue weighted by molar-refractivity contribution is 6.65. The number of fused-ring (bicyclic) bond motifs is 1. The molecule has 0 N–H and O–H groups in total. The van der Waals surface area contributed by atoms with E-state index >= 15 is 0 Å². The minimum atomic E-state index is -0.999. The zero-order valence-corrected chi connectivity index (χ0v) is 13.7. The predicted octanol–water partition coefficient (Wildman–Crippen LogP) is 3.39. The number of rotatable bonds is 2. The maximum atomic E-state index is 11.6. The van der Waals surface area contributed by atoms with Crippen LogP contribution in [0.25, 0.3) is 0 Å². The predicted molar refractivity (Wildman–Crippen MR) is 80.2 cm³/mol. The third-order valence-electron chi connectivity index (χ3n) is 4.15. The smallest absolute Gasteiger partial charge is 0.308 e. The number of esters is 1. The van der Waals surface area contributed by atoms with Crippen LogP contribution >= 0.6 is 11.6 Å². The summed E-state index contributed by atoms with van der Waals surface area (Å²) >= 11 is 5.66. The van der Waals surface area contributed by atoms with Gasteiger partial charge in [0, 0.05) is 12.5 Å². The number of hydrogen-bond donors (Lipinski definition) is 0. The first kappa shape index (κ1) is 15.8. The maximum absolute atomic E-state index is 11.6. The van der Waals surface area contributed by atoms with Gasteiger partial charge in [-0.1, -0.05) is 0 Å². The minimum Gasteiger partial charge on any atom is -0.478 e. The molecule has 0 spiro atoms. The molecule has 0 saturated carbocycles. The van der Waals surface area contributed by atoms with Crippen LogP contribution in [-0.2, 0) is 16.0 Å². The SMILES string of the molecule is CC(=O)Oc1c(C)c(C)c2c(c1C)CC[C@](C)(C(=O)Cl)O2. The van der Waals surface area contributed by atoms with Gasteiger partial charge in [0.05, 0.1) is 0 Å². The Bertz CT molecular complexity index is 636. The molecule has 4 nitrogen and oxygen atoms in total. The van der Waals surface area contributed by atoms with E-state index in [1.165, 1.54) is 6.92 Å². The van der Waals surface area contributed by atoms with Crippen LogP contribution < -0.4 is 9.47 Å². The molecule has 5 heteroatoms. The minimum absolute atomic E-state index is 0.349. The van der Waals surface area contributed by atoms with Crippen LogP contribution in [0.5, 0.6) is 11.5 Å². The lowest BCUT2D eigenvalue weighted by Gasteiger charge is -2.35. The Morgan fingerprint density at radius 2 is 1.81 bits per heavy atom. The molecular formula is C16H19ClO4. The van der Waals surface area contributed by atoms with Gasteiger partial charge in [-0.15, -0.1) is 0 Å². The molecule has 0 aromatic heterocycles. The summed E-state index contributed by atoms with van der Waals surface area (Å²) in [4.78, 5) is 22.9. The van der Waals surface area contributed by atoms with Gasteiger partial charge in [-0.3, -0.25) is 9.59 Å². The van der Waals surface area contributed by atoms with Crippen molar-refractivity contribution in [2.24, 2.45) is 0 Å². The van der Waals surface area contributed by atoms with Crippen molar-refractivity contribution in [1.82, 2.24) is 0 Å². The second-order valence-corrected chi connectivity index (χ2v) is 6.06. The third kappa shape index (κ3) is 2.64. The van der Waals surface area contributed by atoms with Crippen molar-refractivity contribution < 1.29 is 19.1 Å². The Kier molecular flexibility index (Phi) is 4.02. The molecule has 21 heavy (non-hydrogen) atoms. The fourth-order valence-corrected chi connectivity index (χ4v) is 2.80. The normalized spacial score (nSPS) is 20.5. The van der Waals surface area contributed by atoms with Gasteiger partial charge in [-0.2, -0.15) is 0 Å². The van der Waals surface area contributed by atoms with E-state index in [9.17, 15) is 9.59 Å². The first-order chi connectivity index (χ1) is 9.67. The molecule has 0 aliphatic carbocycles. The highest BCUT2D eigenvalue weighted by atomic mass is 35.5. The number of benzene rings is 1. The number of carbonyl (C=O) groups excluding carboxylic acids is 2. The van der Waals surface area contributed by atoms with Crippen LogP contribution in [0, 0.1) is 20.8 Å². The van der Waals surface area contributed by atoms with Gasteiger partial charge in [0.25, 0.3) is 5.24 Å². The summed E-state index contributed by atoms with van der Waals surface area (Å²) in [6.45, 7) is 8.75.